The highest BCUT2D eigenvalue weighted by molar-refractivity contribution is 6.65. The number of fused-ring (bicyclic) bond motifs is 1. The van der Waals surface area contributed by atoms with E-state index in [0.29, 0.717) is 11.4 Å². The van der Waals surface area contributed by atoms with Gasteiger partial charge >= 0.3 is 7.12 Å². The summed E-state index contributed by atoms with van der Waals surface area (Å²) in [5.74, 6) is 0.321. The summed E-state index contributed by atoms with van der Waals surface area (Å²) in [6.45, 7) is 8.13. The number of nitrogens with zero attached hydrogens (tertiary/aromatic N) is 1. The Morgan fingerprint density at radius 3 is 2.18 bits per heavy atom. The third-order valence-electron chi connectivity index (χ3n) is 5.62. The molecule has 5 nitrogen and oxygen atoms in total. The number of amides is 1. The van der Waals surface area contributed by atoms with E-state index < -0.39 is 18.3 Å². The minimum atomic E-state index is -0.484. The maximum atomic E-state index is 12.9. The average molecular weight is 374 g/mol. The molecule has 1 amide bonds. The molecule has 0 unspecified atom stereocenters. The molecule has 1 aromatic heterocycles. The molecule has 6 heteroatoms. The van der Waals surface area contributed by atoms with E-state index in [9.17, 15) is 4.79 Å². The predicted molar refractivity (Wildman–Crippen MR) is 112 cm³/mol. The first kappa shape index (κ1) is 18.7. The molecule has 0 radical (unpaired) electrons. The molecule has 142 valence electrons. The fourth-order valence-electron chi connectivity index (χ4n) is 3.32. The molecule has 2 aromatic carbocycles. The van der Waals surface area contributed by atoms with Crippen LogP contribution >= 0.6 is 0 Å². The van der Waals surface area contributed by atoms with Gasteiger partial charge in [0, 0.05) is 11.8 Å². The van der Waals surface area contributed by atoms with Gasteiger partial charge in [-0.1, -0.05) is 36.4 Å². The lowest BCUT2D eigenvalue weighted by atomic mass is 9.75. The standard InChI is InChI=1S/C22H23BN2O3/c1-21(2)22(3,4)28-23(27-21)18-13-12-17(15-9-5-6-10-16(15)18)20(26)25-19-11-7-8-14-24-19/h5-14H,1-4H3,(H,24,25,26). The monoisotopic (exact) mass is 374 g/mol. The van der Waals surface area contributed by atoms with Crippen LogP contribution in [0, 0.1) is 0 Å². The molecule has 2 heterocycles. The van der Waals surface area contributed by atoms with Crippen LogP contribution in [0.25, 0.3) is 10.8 Å². The van der Waals surface area contributed by atoms with Gasteiger partial charge in [0.05, 0.1) is 11.2 Å². The van der Waals surface area contributed by atoms with E-state index in [1.54, 1.807) is 12.3 Å². The van der Waals surface area contributed by atoms with Crippen LogP contribution in [0.1, 0.15) is 38.1 Å². The van der Waals surface area contributed by atoms with Crippen LogP contribution in [-0.4, -0.2) is 29.2 Å². The van der Waals surface area contributed by atoms with Gasteiger partial charge in [-0.2, -0.15) is 0 Å². The summed E-state index contributed by atoms with van der Waals surface area (Å²) in [5.41, 5.74) is 0.659. The predicted octanol–water partition coefficient (Wildman–Crippen LogP) is 3.79. The minimum absolute atomic E-state index is 0.199. The third kappa shape index (κ3) is 3.19. The summed E-state index contributed by atoms with van der Waals surface area (Å²) in [4.78, 5) is 17.0. The van der Waals surface area contributed by atoms with Crippen molar-refractivity contribution in [1.29, 1.82) is 0 Å². The topological polar surface area (TPSA) is 60.5 Å². The summed E-state index contributed by atoms with van der Waals surface area (Å²) >= 11 is 0. The van der Waals surface area contributed by atoms with Crippen molar-refractivity contribution in [3.8, 4) is 0 Å². The smallest absolute Gasteiger partial charge is 0.399 e. The van der Waals surface area contributed by atoms with Gasteiger partial charge in [0.2, 0.25) is 0 Å². The lowest BCUT2D eigenvalue weighted by molar-refractivity contribution is 0.00578. The number of hydrogen-bond acceptors (Lipinski definition) is 4. The second-order valence-corrected chi connectivity index (χ2v) is 8.01. The maximum absolute atomic E-state index is 12.9. The quantitative estimate of drug-likeness (QED) is 0.709. The number of carbonyl (C=O) groups is 1. The van der Waals surface area contributed by atoms with Crippen LogP contribution in [0.3, 0.4) is 0 Å². The molecular weight excluding hydrogens is 351 g/mol. The summed E-state index contributed by atoms with van der Waals surface area (Å²) in [7, 11) is -0.484. The van der Waals surface area contributed by atoms with Crippen LogP contribution in [0.4, 0.5) is 5.82 Å². The first-order chi connectivity index (χ1) is 13.3. The van der Waals surface area contributed by atoms with Gasteiger partial charge in [0.15, 0.2) is 0 Å². The number of pyridine rings is 1. The van der Waals surface area contributed by atoms with Crippen LogP contribution in [0.2, 0.25) is 0 Å². The highest BCUT2D eigenvalue weighted by Crippen LogP contribution is 2.37. The number of hydrogen-bond donors (Lipinski definition) is 1. The molecule has 1 aliphatic heterocycles. The van der Waals surface area contributed by atoms with E-state index in [4.69, 9.17) is 9.31 Å². The van der Waals surface area contributed by atoms with Crippen LogP contribution in [0.15, 0.2) is 60.8 Å². The summed E-state index contributed by atoms with van der Waals surface area (Å²) in [6, 6.07) is 17.0. The number of nitrogens with one attached hydrogen (secondary N) is 1. The molecule has 1 aliphatic rings. The van der Waals surface area contributed by atoms with Crippen molar-refractivity contribution in [2.24, 2.45) is 0 Å². The highest BCUT2D eigenvalue weighted by atomic mass is 16.7. The normalized spacial score (nSPS) is 17.6. The SMILES string of the molecule is CC1(C)OB(c2ccc(C(=O)Nc3ccccn3)c3ccccc23)OC1(C)C. The van der Waals surface area contributed by atoms with E-state index >= 15 is 0 Å². The Morgan fingerprint density at radius 1 is 0.893 bits per heavy atom. The summed E-state index contributed by atoms with van der Waals surface area (Å²) in [5, 5.41) is 4.64. The fourth-order valence-corrected chi connectivity index (χ4v) is 3.32. The van der Waals surface area contributed by atoms with Crippen LogP contribution in [-0.2, 0) is 9.31 Å². The van der Waals surface area contributed by atoms with Crippen molar-refractivity contribution in [2.45, 2.75) is 38.9 Å². The van der Waals surface area contributed by atoms with Gasteiger partial charge in [-0.3, -0.25) is 4.79 Å². The lowest BCUT2D eigenvalue weighted by Crippen LogP contribution is -2.41. The van der Waals surface area contributed by atoms with Crippen molar-refractivity contribution in [3.63, 3.8) is 0 Å². The molecule has 1 N–H and O–H groups in total. The molecular formula is C22H23BN2O3. The van der Waals surface area contributed by atoms with Gasteiger partial charge in [-0.25, -0.2) is 4.98 Å². The molecule has 0 saturated carbocycles. The van der Waals surface area contributed by atoms with Gasteiger partial charge in [-0.05, 0) is 62.1 Å². The number of rotatable bonds is 3. The summed E-state index contributed by atoms with van der Waals surface area (Å²) < 4.78 is 12.4. The van der Waals surface area contributed by atoms with E-state index in [-0.39, 0.29) is 5.91 Å². The molecule has 28 heavy (non-hydrogen) atoms. The Morgan fingerprint density at radius 2 is 1.54 bits per heavy atom. The zero-order valence-electron chi connectivity index (χ0n) is 16.5. The van der Waals surface area contributed by atoms with E-state index in [2.05, 4.69) is 10.3 Å². The molecule has 1 fully saturated rings. The van der Waals surface area contributed by atoms with Gasteiger partial charge < -0.3 is 14.6 Å². The van der Waals surface area contributed by atoms with Crippen molar-refractivity contribution < 1.29 is 14.1 Å². The fraction of sp³-hybridized carbons (Fsp3) is 0.273. The third-order valence-corrected chi connectivity index (χ3v) is 5.62. The highest BCUT2D eigenvalue weighted by Gasteiger charge is 2.52. The van der Waals surface area contributed by atoms with Crippen LogP contribution < -0.4 is 10.8 Å². The zero-order valence-corrected chi connectivity index (χ0v) is 16.5. The van der Waals surface area contributed by atoms with Crippen molar-refractivity contribution >= 4 is 35.1 Å². The second kappa shape index (κ2) is 6.72. The first-order valence-corrected chi connectivity index (χ1v) is 9.38. The van der Waals surface area contributed by atoms with Gasteiger partial charge in [0.25, 0.3) is 5.91 Å². The summed E-state index contributed by atoms with van der Waals surface area (Å²) in [6.07, 6.45) is 1.65. The molecule has 1 saturated heterocycles. The number of carbonyl (C=O) groups excluding carboxylic acids is 1. The average Bonchev–Trinajstić information content (AvgIpc) is 2.88. The number of anilines is 1. The van der Waals surface area contributed by atoms with Crippen molar-refractivity contribution in [1.82, 2.24) is 4.98 Å². The van der Waals surface area contributed by atoms with E-state index in [1.807, 2.05) is 76.2 Å². The van der Waals surface area contributed by atoms with E-state index in [0.717, 1.165) is 16.2 Å². The maximum Gasteiger partial charge on any atom is 0.495 e. The Labute approximate surface area is 165 Å². The van der Waals surface area contributed by atoms with Crippen LogP contribution in [0.5, 0.6) is 0 Å². The second-order valence-electron chi connectivity index (χ2n) is 8.01. The molecule has 3 aromatic rings. The van der Waals surface area contributed by atoms with Crippen molar-refractivity contribution in [2.75, 3.05) is 5.32 Å². The Bertz CT molecular complexity index is 1020. The van der Waals surface area contributed by atoms with Gasteiger partial charge in [-0.15, -0.1) is 0 Å². The number of benzene rings is 2. The molecule has 0 atom stereocenters. The Hall–Kier alpha value is -2.70. The molecule has 0 aliphatic carbocycles. The zero-order chi connectivity index (χ0) is 19.9. The minimum Gasteiger partial charge on any atom is -0.399 e. The largest absolute Gasteiger partial charge is 0.495 e. The Kier molecular flexibility index (Phi) is 4.48. The molecule has 4 rings (SSSR count). The first-order valence-electron chi connectivity index (χ1n) is 9.38. The van der Waals surface area contributed by atoms with Gasteiger partial charge in [0.1, 0.15) is 5.82 Å². The molecule has 0 bridgehead atoms. The van der Waals surface area contributed by atoms with E-state index in [1.165, 1.54) is 0 Å². The van der Waals surface area contributed by atoms with Crippen molar-refractivity contribution in [3.05, 3.63) is 66.4 Å². The lowest BCUT2D eigenvalue weighted by Gasteiger charge is -2.32. The molecule has 0 spiro atoms. The number of aromatic nitrogens is 1. The Balaban J connectivity index is 1.73.